The van der Waals surface area contributed by atoms with Gasteiger partial charge < -0.3 is 5.32 Å². The minimum absolute atomic E-state index is 0.120. The average molecular weight is 288 g/mol. The van der Waals surface area contributed by atoms with Gasteiger partial charge in [-0.25, -0.2) is 4.90 Å². The topological polar surface area (TPSA) is 49.4 Å². The number of nitrogens with zero attached hydrogens (tertiary/aromatic N) is 1. The summed E-state index contributed by atoms with van der Waals surface area (Å²) in [6.45, 7) is 5.22. The molecule has 4 heteroatoms. The fourth-order valence-electron chi connectivity index (χ4n) is 2.59. The molecule has 1 unspecified atom stereocenters. The largest absolute Gasteiger partial charge is 0.305 e. The van der Waals surface area contributed by atoms with Crippen LogP contribution in [0.1, 0.15) is 39.5 Å². The second-order valence-corrected chi connectivity index (χ2v) is 6.00. The number of nitrogens with one attached hydrogen (secondary N) is 1. The highest BCUT2D eigenvalue weighted by atomic mass is 16.2. The van der Waals surface area contributed by atoms with E-state index in [2.05, 4.69) is 19.2 Å². The second-order valence-electron chi connectivity index (χ2n) is 6.00. The number of carbonyl (C=O) groups is 2. The van der Waals surface area contributed by atoms with Gasteiger partial charge in [-0.05, 0) is 31.0 Å². The molecule has 1 aliphatic heterocycles. The molecule has 0 bridgehead atoms. The quantitative estimate of drug-likeness (QED) is 0.620. The van der Waals surface area contributed by atoms with Crippen molar-refractivity contribution in [3.63, 3.8) is 0 Å². The van der Waals surface area contributed by atoms with Crippen LogP contribution in [0.4, 0.5) is 5.69 Å². The third-order valence-corrected chi connectivity index (χ3v) is 3.76. The van der Waals surface area contributed by atoms with Crippen molar-refractivity contribution >= 4 is 17.5 Å². The molecule has 1 atom stereocenters. The van der Waals surface area contributed by atoms with E-state index in [4.69, 9.17) is 0 Å². The van der Waals surface area contributed by atoms with Gasteiger partial charge in [0.25, 0.3) is 5.91 Å². The lowest BCUT2D eigenvalue weighted by Crippen LogP contribution is -2.39. The van der Waals surface area contributed by atoms with E-state index in [9.17, 15) is 9.59 Å². The summed E-state index contributed by atoms with van der Waals surface area (Å²) in [4.78, 5) is 25.7. The first-order valence-corrected chi connectivity index (χ1v) is 7.75. The number of para-hydroxylation sites is 1. The van der Waals surface area contributed by atoms with Crippen molar-refractivity contribution in [2.45, 2.75) is 45.6 Å². The van der Waals surface area contributed by atoms with Crippen LogP contribution >= 0.6 is 0 Å². The van der Waals surface area contributed by atoms with E-state index in [1.165, 1.54) is 11.3 Å². The molecule has 0 aromatic heterocycles. The first-order valence-electron chi connectivity index (χ1n) is 7.75. The molecular formula is C17H24N2O2. The Morgan fingerprint density at radius 3 is 2.57 bits per heavy atom. The van der Waals surface area contributed by atoms with Crippen molar-refractivity contribution < 1.29 is 9.59 Å². The van der Waals surface area contributed by atoms with Gasteiger partial charge in [0.15, 0.2) is 0 Å². The van der Waals surface area contributed by atoms with Crippen molar-refractivity contribution in [1.82, 2.24) is 5.32 Å². The van der Waals surface area contributed by atoms with Gasteiger partial charge in [-0.15, -0.1) is 0 Å². The van der Waals surface area contributed by atoms with E-state index in [-0.39, 0.29) is 24.3 Å². The molecule has 1 aromatic carbocycles. The Labute approximate surface area is 126 Å². The summed E-state index contributed by atoms with van der Waals surface area (Å²) >= 11 is 0. The number of carbonyl (C=O) groups excluding carboxylic acids is 2. The highest BCUT2D eigenvalue weighted by molar-refractivity contribution is 6.22. The normalized spacial score (nSPS) is 18.8. The Hall–Kier alpha value is -1.68. The molecule has 1 aromatic rings. The number of unbranched alkanes of at least 4 members (excludes halogenated alkanes) is 1. The Morgan fingerprint density at radius 2 is 1.90 bits per heavy atom. The van der Waals surface area contributed by atoms with Crippen LogP contribution in [-0.4, -0.2) is 24.4 Å². The van der Waals surface area contributed by atoms with Crippen LogP contribution in [0.2, 0.25) is 0 Å². The summed E-state index contributed by atoms with van der Waals surface area (Å²) in [5.74, 6) is 0.467. The molecule has 1 fully saturated rings. The molecule has 0 aliphatic carbocycles. The fourth-order valence-corrected chi connectivity index (χ4v) is 2.59. The molecule has 21 heavy (non-hydrogen) atoms. The maximum absolute atomic E-state index is 12.3. The molecule has 114 valence electrons. The number of hydrogen-bond acceptors (Lipinski definition) is 3. The summed E-state index contributed by atoms with van der Waals surface area (Å²) in [6.07, 6.45) is 3.66. The number of hydrogen-bond donors (Lipinski definition) is 1. The number of benzene rings is 1. The van der Waals surface area contributed by atoms with E-state index in [0.717, 1.165) is 19.4 Å². The first kappa shape index (κ1) is 15.7. The lowest BCUT2D eigenvalue weighted by molar-refractivity contribution is -0.121. The van der Waals surface area contributed by atoms with Gasteiger partial charge in [0.2, 0.25) is 5.91 Å². The molecule has 1 aliphatic rings. The van der Waals surface area contributed by atoms with E-state index in [1.54, 1.807) is 12.1 Å². The van der Waals surface area contributed by atoms with E-state index >= 15 is 0 Å². The van der Waals surface area contributed by atoms with E-state index < -0.39 is 0 Å². The number of amides is 2. The van der Waals surface area contributed by atoms with E-state index in [0.29, 0.717) is 11.6 Å². The smallest absolute Gasteiger partial charge is 0.251 e. The average Bonchev–Trinajstić information content (AvgIpc) is 2.74. The minimum atomic E-state index is -0.364. The third kappa shape index (κ3) is 4.14. The first-order chi connectivity index (χ1) is 10.1. The zero-order valence-corrected chi connectivity index (χ0v) is 12.8. The van der Waals surface area contributed by atoms with Crippen molar-refractivity contribution in [3.8, 4) is 0 Å². The van der Waals surface area contributed by atoms with Crippen LogP contribution in [0.25, 0.3) is 0 Å². The predicted octanol–water partition coefficient (Wildman–Crippen LogP) is 2.73. The Morgan fingerprint density at radius 1 is 1.19 bits per heavy atom. The van der Waals surface area contributed by atoms with Gasteiger partial charge in [0.05, 0.1) is 18.2 Å². The zero-order chi connectivity index (χ0) is 15.2. The molecule has 0 spiro atoms. The number of imide groups is 1. The maximum atomic E-state index is 12.3. The SMILES string of the molecule is CC(C)CCCCNC1CC(=O)N(c2ccccc2)C1=O. The van der Waals surface area contributed by atoms with Crippen LogP contribution in [0, 0.1) is 5.92 Å². The molecule has 4 nitrogen and oxygen atoms in total. The van der Waals surface area contributed by atoms with Crippen LogP contribution < -0.4 is 10.2 Å². The fraction of sp³-hybridized carbons (Fsp3) is 0.529. The van der Waals surface area contributed by atoms with Gasteiger partial charge in [-0.3, -0.25) is 9.59 Å². The number of anilines is 1. The molecule has 0 radical (unpaired) electrons. The molecule has 0 saturated carbocycles. The van der Waals surface area contributed by atoms with Crippen LogP contribution in [0.3, 0.4) is 0 Å². The lowest BCUT2D eigenvalue weighted by Gasteiger charge is -2.15. The maximum Gasteiger partial charge on any atom is 0.251 e. The molecular weight excluding hydrogens is 264 g/mol. The Kier molecular flexibility index (Phi) is 5.51. The van der Waals surface area contributed by atoms with Gasteiger partial charge in [0.1, 0.15) is 0 Å². The molecule has 1 saturated heterocycles. The summed E-state index contributed by atoms with van der Waals surface area (Å²) in [6, 6.07) is 8.77. The van der Waals surface area contributed by atoms with Crippen LogP contribution in [0.5, 0.6) is 0 Å². The van der Waals surface area contributed by atoms with Gasteiger partial charge in [-0.2, -0.15) is 0 Å². The van der Waals surface area contributed by atoms with Crippen LogP contribution in [-0.2, 0) is 9.59 Å². The predicted molar refractivity (Wildman–Crippen MR) is 84.0 cm³/mol. The monoisotopic (exact) mass is 288 g/mol. The highest BCUT2D eigenvalue weighted by Gasteiger charge is 2.38. The third-order valence-electron chi connectivity index (χ3n) is 3.76. The molecule has 1 N–H and O–H groups in total. The van der Waals surface area contributed by atoms with Gasteiger partial charge >= 0.3 is 0 Å². The molecule has 1 heterocycles. The lowest BCUT2D eigenvalue weighted by atomic mass is 10.1. The van der Waals surface area contributed by atoms with Crippen molar-refractivity contribution in [2.75, 3.05) is 11.4 Å². The standard InChI is InChI=1S/C17H24N2O2/c1-13(2)8-6-7-11-18-15-12-16(20)19(17(15)21)14-9-4-3-5-10-14/h3-5,9-10,13,15,18H,6-8,11-12H2,1-2H3. The van der Waals surface area contributed by atoms with Crippen molar-refractivity contribution in [3.05, 3.63) is 30.3 Å². The van der Waals surface area contributed by atoms with E-state index in [1.807, 2.05) is 18.2 Å². The zero-order valence-electron chi connectivity index (χ0n) is 12.8. The Bertz CT molecular complexity index is 485. The van der Waals surface area contributed by atoms with Gasteiger partial charge in [-0.1, -0.05) is 44.9 Å². The molecule has 2 rings (SSSR count). The summed E-state index contributed by atoms with van der Waals surface area (Å²) in [7, 11) is 0. The second kappa shape index (κ2) is 7.36. The number of rotatable bonds is 7. The highest BCUT2D eigenvalue weighted by Crippen LogP contribution is 2.22. The van der Waals surface area contributed by atoms with Crippen molar-refractivity contribution in [2.24, 2.45) is 5.92 Å². The van der Waals surface area contributed by atoms with Gasteiger partial charge in [0, 0.05) is 0 Å². The van der Waals surface area contributed by atoms with Crippen LogP contribution in [0.15, 0.2) is 30.3 Å². The summed E-state index contributed by atoms with van der Waals surface area (Å²) < 4.78 is 0. The summed E-state index contributed by atoms with van der Waals surface area (Å²) in [5, 5.41) is 3.22. The Balaban J connectivity index is 1.84. The van der Waals surface area contributed by atoms with Crippen molar-refractivity contribution in [1.29, 1.82) is 0 Å². The minimum Gasteiger partial charge on any atom is -0.305 e. The summed E-state index contributed by atoms with van der Waals surface area (Å²) in [5.41, 5.74) is 0.664. The molecule has 2 amide bonds.